The van der Waals surface area contributed by atoms with Crippen LogP contribution < -0.4 is 5.32 Å². The highest BCUT2D eigenvalue weighted by Crippen LogP contribution is 2.08. The van der Waals surface area contributed by atoms with Crippen molar-refractivity contribution >= 4 is 6.08 Å². The van der Waals surface area contributed by atoms with E-state index in [9.17, 15) is 0 Å². The second kappa shape index (κ2) is 5.13. The molecule has 0 aliphatic rings. The monoisotopic (exact) mass is 172 g/mol. The molecule has 0 heterocycles. The Kier molecular flexibility index (Phi) is 3.74. The molecule has 0 saturated heterocycles. The first kappa shape index (κ1) is 9.50. The van der Waals surface area contributed by atoms with E-state index >= 15 is 0 Å². The van der Waals surface area contributed by atoms with Gasteiger partial charge in [-0.05, 0) is 18.7 Å². The van der Waals surface area contributed by atoms with Crippen molar-refractivity contribution in [2.24, 2.45) is 0 Å². The maximum atomic E-state index is 8.78. The molecule has 0 amide bonds. The molecule has 0 saturated carbocycles. The van der Waals surface area contributed by atoms with Crippen LogP contribution in [0.1, 0.15) is 11.1 Å². The van der Waals surface area contributed by atoms with E-state index in [4.69, 9.17) is 5.26 Å². The molecule has 1 aromatic carbocycles. The average Bonchev–Trinajstić information content (AvgIpc) is 2.19. The number of nitriles is 1. The summed E-state index contributed by atoms with van der Waals surface area (Å²) in [5, 5.41) is 11.8. The predicted octanol–water partition coefficient (Wildman–Crippen LogP) is 1.79. The molecule has 0 bridgehead atoms. The quantitative estimate of drug-likeness (QED) is 0.754. The van der Waals surface area contributed by atoms with E-state index in [2.05, 4.69) is 11.4 Å². The molecule has 0 aliphatic carbocycles. The van der Waals surface area contributed by atoms with Crippen molar-refractivity contribution in [2.45, 2.75) is 0 Å². The highest BCUT2D eigenvalue weighted by molar-refractivity contribution is 5.57. The van der Waals surface area contributed by atoms with Gasteiger partial charge in [0, 0.05) is 6.54 Å². The van der Waals surface area contributed by atoms with Crippen molar-refractivity contribution in [1.82, 2.24) is 5.32 Å². The van der Waals surface area contributed by atoms with Crippen LogP contribution in [-0.4, -0.2) is 13.6 Å². The third-order valence-electron chi connectivity index (χ3n) is 1.70. The van der Waals surface area contributed by atoms with Gasteiger partial charge in [0.15, 0.2) is 0 Å². The Balaban J connectivity index is 2.82. The van der Waals surface area contributed by atoms with E-state index in [1.54, 1.807) is 0 Å². The minimum absolute atomic E-state index is 0.717. The Morgan fingerprint density at radius 2 is 2.23 bits per heavy atom. The lowest BCUT2D eigenvalue weighted by atomic mass is 10.1. The summed E-state index contributed by atoms with van der Waals surface area (Å²) in [4.78, 5) is 0. The van der Waals surface area contributed by atoms with Gasteiger partial charge in [-0.25, -0.2) is 0 Å². The minimum atomic E-state index is 0.717. The van der Waals surface area contributed by atoms with E-state index < -0.39 is 0 Å². The molecule has 13 heavy (non-hydrogen) atoms. The molecule has 0 fully saturated rings. The Morgan fingerprint density at radius 3 is 2.92 bits per heavy atom. The summed E-state index contributed by atoms with van der Waals surface area (Å²) in [6.07, 6.45) is 3.95. The van der Waals surface area contributed by atoms with Gasteiger partial charge in [-0.3, -0.25) is 0 Å². The first-order valence-electron chi connectivity index (χ1n) is 4.18. The molecular formula is C11H12N2. The summed E-state index contributed by atoms with van der Waals surface area (Å²) < 4.78 is 0. The van der Waals surface area contributed by atoms with Crippen molar-refractivity contribution in [3.05, 3.63) is 41.5 Å². The topological polar surface area (TPSA) is 35.8 Å². The Hall–Kier alpha value is -1.59. The van der Waals surface area contributed by atoms with Gasteiger partial charge in [0.2, 0.25) is 0 Å². The molecule has 2 heteroatoms. The summed E-state index contributed by atoms with van der Waals surface area (Å²) in [5.74, 6) is 0. The molecule has 0 unspecified atom stereocenters. The van der Waals surface area contributed by atoms with E-state index in [-0.39, 0.29) is 0 Å². The molecule has 1 aromatic rings. The van der Waals surface area contributed by atoms with Crippen molar-refractivity contribution in [3.63, 3.8) is 0 Å². The molecule has 2 nitrogen and oxygen atoms in total. The van der Waals surface area contributed by atoms with Crippen LogP contribution in [0.4, 0.5) is 0 Å². The largest absolute Gasteiger partial charge is 0.316 e. The summed E-state index contributed by atoms with van der Waals surface area (Å²) >= 11 is 0. The van der Waals surface area contributed by atoms with Crippen LogP contribution >= 0.6 is 0 Å². The molecule has 1 N–H and O–H groups in total. The number of likely N-dealkylation sites (N-methyl/N-ethyl adjacent to an activating group) is 1. The van der Waals surface area contributed by atoms with Gasteiger partial charge in [-0.1, -0.05) is 30.4 Å². The van der Waals surface area contributed by atoms with Gasteiger partial charge in [-0.2, -0.15) is 5.26 Å². The van der Waals surface area contributed by atoms with Crippen molar-refractivity contribution in [1.29, 1.82) is 5.26 Å². The maximum Gasteiger partial charge on any atom is 0.0997 e. The summed E-state index contributed by atoms with van der Waals surface area (Å²) in [6, 6.07) is 9.70. The molecule has 0 spiro atoms. The van der Waals surface area contributed by atoms with Crippen LogP contribution in [0.3, 0.4) is 0 Å². The molecule has 0 aliphatic heterocycles. The molecule has 1 rings (SSSR count). The van der Waals surface area contributed by atoms with E-state index in [1.165, 1.54) is 0 Å². The van der Waals surface area contributed by atoms with Crippen molar-refractivity contribution in [2.75, 3.05) is 13.6 Å². The Morgan fingerprint density at radius 1 is 1.46 bits per heavy atom. The zero-order valence-corrected chi connectivity index (χ0v) is 7.62. The zero-order chi connectivity index (χ0) is 9.52. The lowest BCUT2D eigenvalue weighted by Gasteiger charge is -1.95. The summed E-state index contributed by atoms with van der Waals surface area (Å²) in [7, 11) is 1.89. The Bertz CT molecular complexity index is 334. The van der Waals surface area contributed by atoms with Gasteiger partial charge in [0.25, 0.3) is 0 Å². The fourth-order valence-corrected chi connectivity index (χ4v) is 1.05. The van der Waals surface area contributed by atoms with Crippen LogP contribution in [0.15, 0.2) is 30.3 Å². The second-order valence-corrected chi connectivity index (χ2v) is 2.66. The second-order valence-electron chi connectivity index (χ2n) is 2.66. The normalized spacial score (nSPS) is 10.2. The molecule has 0 aromatic heterocycles. The van der Waals surface area contributed by atoms with Gasteiger partial charge < -0.3 is 5.32 Å². The number of benzene rings is 1. The Labute approximate surface area is 78.5 Å². The first-order valence-corrected chi connectivity index (χ1v) is 4.18. The minimum Gasteiger partial charge on any atom is -0.316 e. The number of nitrogens with zero attached hydrogens (tertiary/aromatic N) is 1. The van der Waals surface area contributed by atoms with Crippen molar-refractivity contribution in [3.8, 4) is 6.07 Å². The number of rotatable bonds is 3. The molecule has 0 radical (unpaired) electrons. The van der Waals surface area contributed by atoms with E-state index in [0.717, 1.165) is 17.7 Å². The highest BCUT2D eigenvalue weighted by atomic mass is 14.8. The van der Waals surface area contributed by atoms with Crippen LogP contribution in [0.5, 0.6) is 0 Å². The molecule has 66 valence electrons. The maximum absolute atomic E-state index is 8.78. The predicted molar refractivity (Wildman–Crippen MR) is 54.1 cm³/mol. The number of nitrogens with one attached hydrogen (secondary N) is 1. The lowest BCUT2D eigenvalue weighted by Crippen LogP contribution is -2.03. The molecular weight excluding hydrogens is 160 g/mol. The van der Waals surface area contributed by atoms with Gasteiger partial charge in [-0.15, -0.1) is 0 Å². The third kappa shape index (κ3) is 2.73. The van der Waals surface area contributed by atoms with Gasteiger partial charge >= 0.3 is 0 Å². The fraction of sp³-hybridized carbons (Fsp3) is 0.182. The molecule has 0 atom stereocenters. The number of hydrogen-bond acceptors (Lipinski definition) is 2. The van der Waals surface area contributed by atoms with Crippen LogP contribution in [-0.2, 0) is 0 Å². The van der Waals surface area contributed by atoms with Crippen LogP contribution in [0.25, 0.3) is 6.08 Å². The SMILES string of the molecule is CNC/C=C/c1ccccc1C#N. The summed E-state index contributed by atoms with van der Waals surface area (Å²) in [6.45, 7) is 0.819. The van der Waals surface area contributed by atoms with E-state index in [1.807, 2.05) is 43.5 Å². The smallest absolute Gasteiger partial charge is 0.0997 e. The van der Waals surface area contributed by atoms with Gasteiger partial charge in [0.05, 0.1) is 11.6 Å². The third-order valence-corrected chi connectivity index (χ3v) is 1.70. The number of hydrogen-bond donors (Lipinski definition) is 1. The first-order chi connectivity index (χ1) is 6.38. The van der Waals surface area contributed by atoms with E-state index in [0.29, 0.717) is 0 Å². The van der Waals surface area contributed by atoms with Crippen LogP contribution in [0.2, 0.25) is 0 Å². The zero-order valence-electron chi connectivity index (χ0n) is 7.62. The standard InChI is InChI=1S/C11H12N2/c1-13-8-4-7-10-5-2-3-6-11(10)9-12/h2-7,13H,8H2,1H3/b7-4+. The van der Waals surface area contributed by atoms with Crippen molar-refractivity contribution < 1.29 is 0 Å². The highest BCUT2D eigenvalue weighted by Gasteiger charge is 1.94. The lowest BCUT2D eigenvalue weighted by molar-refractivity contribution is 0.922. The van der Waals surface area contributed by atoms with Crippen LogP contribution in [0, 0.1) is 11.3 Å². The van der Waals surface area contributed by atoms with Gasteiger partial charge in [0.1, 0.15) is 0 Å². The average molecular weight is 172 g/mol. The fourth-order valence-electron chi connectivity index (χ4n) is 1.05. The summed E-state index contributed by atoms with van der Waals surface area (Å²) in [5.41, 5.74) is 1.69.